The van der Waals surface area contributed by atoms with Crippen LogP contribution in [0.2, 0.25) is 0 Å². The molecule has 0 spiro atoms. The highest BCUT2D eigenvalue weighted by Crippen LogP contribution is 2.49. The second kappa shape index (κ2) is 2.24. The maximum absolute atomic E-state index is 9.85. The number of piperidine rings is 1. The van der Waals surface area contributed by atoms with Crippen molar-refractivity contribution >= 4 is 0 Å². The van der Waals surface area contributed by atoms with E-state index in [0.717, 1.165) is 18.3 Å². The van der Waals surface area contributed by atoms with Crippen molar-refractivity contribution < 1.29 is 5.11 Å². The fourth-order valence-corrected chi connectivity index (χ4v) is 3.93. The Morgan fingerprint density at radius 2 is 1.92 bits per heavy atom. The molecule has 1 aliphatic carbocycles. The van der Waals surface area contributed by atoms with Crippen LogP contribution in [0.15, 0.2) is 0 Å². The van der Waals surface area contributed by atoms with Gasteiger partial charge in [0.1, 0.15) is 0 Å². The molecule has 5 atom stereocenters. The average molecular weight is 167 g/mol. The Balaban J connectivity index is 1.97. The van der Waals surface area contributed by atoms with Crippen LogP contribution in [0, 0.1) is 11.8 Å². The molecule has 1 N–H and O–H groups in total. The summed E-state index contributed by atoms with van der Waals surface area (Å²) in [5.74, 6) is 1.72. The molecule has 3 aliphatic rings. The summed E-state index contributed by atoms with van der Waals surface area (Å²) in [5, 5.41) is 9.85. The van der Waals surface area contributed by atoms with Gasteiger partial charge in [0.05, 0.1) is 6.10 Å². The number of hydrogen-bond acceptors (Lipinski definition) is 2. The molecule has 2 nitrogen and oxygen atoms in total. The number of aliphatic hydroxyl groups is 1. The van der Waals surface area contributed by atoms with Gasteiger partial charge in [0.15, 0.2) is 0 Å². The van der Waals surface area contributed by atoms with Crippen LogP contribution in [0.3, 0.4) is 0 Å². The summed E-state index contributed by atoms with van der Waals surface area (Å²) in [6.07, 6.45) is 5.21. The van der Waals surface area contributed by atoms with Gasteiger partial charge in [0, 0.05) is 12.1 Å². The molecule has 68 valence electrons. The van der Waals surface area contributed by atoms with Crippen molar-refractivity contribution in [3.8, 4) is 0 Å². The quantitative estimate of drug-likeness (QED) is 0.578. The Kier molecular flexibility index (Phi) is 1.37. The van der Waals surface area contributed by atoms with E-state index < -0.39 is 0 Å². The largest absolute Gasteiger partial charge is 0.391 e. The Morgan fingerprint density at radius 3 is 2.75 bits per heavy atom. The first kappa shape index (κ1) is 7.34. The minimum Gasteiger partial charge on any atom is -0.391 e. The molecule has 0 aromatic carbocycles. The Bertz CT molecular complexity index is 204. The number of likely N-dealkylation sites (N-methyl/N-ethyl adjacent to an activating group) is 1. The van der Waals surface area contributed by atoms with Gasteiger partial charge in [0.25, 0.3) is 0 Å². The van der Waals surface area contributed by atoms with E-state index in [-0.39, 0.29) is 6.10 Å². The summed E-state index contributed by atoms with van der Waals surface area (Å²) in [5.41, 5.74) is 0. The molecular weight excluding hydrogens is 150 g/mol. The molecular formula is C10H17NO. The second-order valence-electron chi connectivity index (χ2n) is 4.86. The lowest BCUT2D eigenvalue weighted by molar-refractivity contribution is 0.0625. The first-order valence-electron chi connectivity index (χ1n) is 5.17. The third-order valence-corrected chi connectivity index (χ3v) is 4.41. The van der Waals surface area contributed by atoms with Gasteiger partial charge in [-0.25, -0.2) is 0 Å². The molecule has 0 unspecified atom stereocenters. The lowest BCUT2D eigenvalue weighted by Crippen LogP contribution is -2.45. The van der Waals surface area contributed by atoms with Gasteiger partial charge < -0.3 is 5.11 Å². The zero-order valence-electron chi connectivity index (χ0n) is 7.61. The maximum Gasteiger partial charge on any atom is 0.0713 e. The fourth-order valence-electron chi connectivity index (χ4n) is 3.93. The van der Waals surface area contributed by atoms with Crippen molar-refractivity contribution in [2.24, 2.45) is 11.8 Å². The van der Waals surface area contributed by atoms with Crippen LogP contribution in [0.5, 0.6) is 0 Å². The van der Waals surface area contributed by atoms with Crippen molar-refractivity contribution in [2.45, 2.75) is 43.9 Å². The van der Waals surface area contributed by atoms with Gasteiger partial charge in [-0.1, -0.05) is 0 Å². The van der Waals surface area contributed by atoms with Gasteiger partial charge in [-0.05, 0) is 44.6 Å². The van der Waals surface area contributed by atoms with Gasteiger partial charge >= 0.3 is 0 Å². The van der Waals surface area contributed by atoms with Crippen molar-refractivity contribution in [3.05, 3.63) is 0 Å². The molecule has 0 radical (unpaired) electrons. The van der Waals surface area contributed by atoms with Gasteiger partial charge in [-0.15, -0.1) is 0 Å². The summed E-state index contributed by atoms with van der Waals surface area (Å²) in [4.78, 5) is 2.45. The minimum absolute atomic E-state index is 0.0182. The molecule has 12 heavy (non-hydrogen) atoms. The standard InChI is InChI=1S/C10H17NO/c1-11-8-5-9(12)10(11)7-3-2-6(8)4-7/h6-10,12H,2-5H2,1H3/t6-,7-,8-,9+,10+/m0/s1. The first-order valence-corrected chi connectivity index (χ1v) is 5.17. The molecule has 3 rings (SSSR count). The number of rotatable bonds is 0. The van der Waals surface area contributed by atoms with Crippen LogP contribution in [0.1, 0.15) is 25.7 Å². The predicted molar refractivity (Wildman–Crippen MR) is 46.8 cm³/mol. The molecule has 4 bridgehead atoms. The van der Waals surface area contributed by atoms with E-state index in [1.54, 1.807) is 0 Å². The molecule has 2 aliphatic heterocycles. The second-order valence-corrected chi connectivity index (χ2v) is 4.86. The van der Waals surface area contributed by atoms with E-state index in [2.05, 4.69) is 11.9 Å². The summed E-state index contributed by atoms with van der Waals surface area (Å²) in [7, 11) is 2.20. The molecule has 1 saturated carbocycles. The van der Waals surface area contributed by atoms with Crippen LogP contribution in [-0.4, -0.2) is 35.2 Å². The van der Waals surface area contributed by atoms with Crippen LogP contribution >= 0.6 is 0 Å². The van der Waals surface area contributed by atoms with Crippen molar-refractivity contribution in [2.75, 3.05) is 7.05 Å². The van der Waals surface area contributed by atoms with E-state index in [9.17, 15) is 5.11 Å². The van der Waals surface area contributed by atoms with E-state index >= 15 is 0 Å². The SMILES string of the molecule is CN1[C@@H]2[C@H]3CC[C@@H](C3)[C@@H]1C[C@H]2O. The highest BCUT2D eigenvalue weighted by molar-refractivity contribution is 5.06. The van der Waals surface area contributed by atoms with Gasteiger partial charge in [0.2, 0.25) is 0 Å². The van der Waals surface area contributed by atoms with Crippen LogP contribution < -0.4 is 0 Å². The van der Waals surface area contributed by atoms with Crippen LogP contribution in [0.25, 0.3) is 0 Å². The van der Waals surface area contributed by atoms with Crippen LogP contribution in [0.4, 0.5) is 0 Å². The number of hydrogen-bond donors (Lipinski definition) is 1. The van der Waals surface area contributed by atoms with Gasteiger partial charge in [-0.3, -0.25) is 4.90 Å². The Morgan fingerprint density at radius 1 is 1.17 bits per heavy atom. The monoisotopic (exact) mass is 167 g/mol. The Labute approximate surface area is 73.6 Å². The van der Waals surface area contributed by atoms with E-state index in [4.69, 9.17) is 0 Å². The minimum atomic E-state index is -0.0182. The van der Waals surface area contributed by atoms with Crippen molar-refractivity contribution in [3.63, 3.8) is 0 Å². The van der Waals surface area contributed by atoms with Crippen molar-refractivity contribution in [1.29, 1.82) is 0 Å². The number of fused-ring (bicyclic) bond motifs is 6. The molecule has 0 aromatic rings. The number of aliphatic hydroxyl groups excluding tert-OH is 1. The normalized spacial score (nSPS) is 58.0. The Hall–Kier alpha value is -0.0800. The average Bonchev–Trinajstić information content (AvgIpc) is 2.48. The molecule has 2 heterocycles. The number of nitrogens with zero attached hydrogens (tertiary/aromatic N) is 1. The molecule has 2 heteroatoms. The molecule has 0 aromatic heterocycles. The molecule has 0 amide bonds. The summed E-state index contributed by atoms with van der Waals surface area (Å²) >= 11 is 0. The highest BCUT2D eigenvalue weighted by atomic mass is 16.3. The van der Waals surface area contributed by atoms with Crippen LogP contribution in [-0.2, 0) is 0 Å². The lowest BCUT2D eigenvalue weighted by Gasteiger charge is -2.36. The lowest BCUT2D eigenvalue weighted by atomic mass is 9.91. The third kappa shape index (κ3) is 0.728. The smallest absolute Gasteiger partial charge is 0.0713 e. The third-order valence-electron chi connectivity index (χ3n) is 4.41. The first-order chi connectivity index (χ1) is 5.77. The zero-order valence-corrected chi connectivity index (χ0v) is 7.61. The van der Waals surface area contributed by atoms with E-state index in [1.165, 1.54) is 19.3 Å². The molecule has 3 fully saturated rings. The molecule has 2 saturated heterocycles. The van der Waals surface area contributed by atoms with Gasteiger partial charge in [-0.2, -0.15) is 0 Å². The summed E-state index contributed by atoms with van der Waals surface area (Å²) in [6.45, 7) is 0. The predicted octanol–water partition coefficient (Wildman–Crippen LogP) is 0.850. The zero-order chi connectivity index (χ0) is 8.29. The van der Waals surface area contributed by atoms with E-state index in [1.807, 2.05) is 0 Å². The topological polar surface area (TPSA) is 23.5 Å². The maximum atomic E-state index is 9.85. The van der Waals surface area contributed by atoms with E-state index in [0.29, 0.717) is 12.1 Å². The highest BCUT2D eigenvalue weighted by Gasteiger charge is 2.52. The van der Waals surface area contributed by atoms with Crippen molar-refractivity contribution in [1.82, 2.24) is 4.90 Å². The fraction of sp³-hybridized carbons (Fsp3) is 1.00. The summed E-state index contributed by atoms with van der Waals surface area (Å²) < 4.78 is 0. The summed E-state index contributed by atoms with van der Waals surface area (Å²) in [6, 6.07) is 1.22.